The van der Waals surface area contributed by atoms with Gasteiger partial charge >= 0.3 is 0 Å². The summed E-state index contributed by atoms with van der Waals surface area (Å²) < 4.78 is 0. The Labute approximate surface area is 176 Å². The van der Waals surface area contributed by atoms with E-state index in [1.807, 2.05) is 6.20 Å². The van der Waals surface area contributed by atoms with Crippen LogP contribution in [0.1, 0.15) is 28.4 Å². The Morgan fingerprint density at radius 2 is 1.96 bits per heavy atom. The van der Waals surface area contributed by atoms with Crippen LogP contribution in [0.4, 0.5) is 0 Å². The molecule has 26 heavy (non-hydrogen) atoms. The number of hydrogen-bond donors (Lipinski definition) is 2. The van der Waals surface area contributed by atoms with Crippen LogP contribution in [0.25, 0.3) is 10.8 Å². The maximum absolute atomic E-state index is 4.39. The van der Waals surface area contributed by atoms with E-state index >= 15 is 0 Å². The molecule has 1 unspecified atom stereocenters. The zero-order chi connectivity index (χ0) is 17.6. The number of fused-ring (bicyclic) bond motifs is 1. The summed E-state index contributed by atoms with van der Waals surface area (Å²) in [5, 5.41) is 10.5. The second-order valence-corrected chi connectivity index (χ2v) is 7.41. The number of benzene rings is 2. The molecule has 1 atom stereocenters. The minimum atomic E-state index is 0. The van der Waals surface area contributed by atoms with Gasteiger partial charge in [-0.15, -0.1) is 35.3 Å². The minimum absolute atomic E-state index is 0. The van der Waals surface area contributed by atoms with E-state index in [4.69, 9.17) is 0 Å². The van der Waals surface area contributed by atoms with Crippen LogP contribution < -0.4 is 10.6 Å². The van der Waals surface area contributed by atoms with Crippen molar-refractivity contribution < 1.29 is 0 Å². The summed E-state index contributed by atoms with van der Waals surface area (Å²) in [5.74, 6) is 0.814. The lowest BCUT2D eigenvalue weighted by Gasteiger charge is -2.18. The Morgan fingerprint density at radius 1 is 1.19 bits per heavy atom. The van der Waals surface area contributed by atoms with Gasteiger partial charge in [-0.25, -0.2) is 4.98 Å². The van der Waals surface area contributed by atoms with Gasteiger partial charge in [0.15, 0.2) is 5.96 Å². The van der Waals surface area contributed by atoms with Crippen molar-refractivity contribution >= 4 is 52.0 Å². The molecule has 0 saturated carbocycles. The first kappa shape index (κ1) is 20.6. The molecule has 138 valence electrons. The van der Waals surface area contributed by atoms with E-state index in [1.54, 1.807) is 18.4 Å². The van der Waals surface area contributed by atoms with E-state index in [0.717, 1.165) is 23.9 Å². The normalized spacial score (nSPS) is 12.5. The third-order valence-corrected chi connectivity index (χ3v) is 5.12. The number of halogens is 1. The number of rotatable bonds is 5. The number of aromatic nitrogens is 1. The van der Waals surface area contributed by atoms with Crippen molar-refractivity contribution in [2.45, 2.75) is 26.3 Å². The number of nitrogens with zero attached hydrogens (tertiary/aromatic N) is 2. The molecule has 2 N–H and O–H groups in total. The summed E-state index contributed by atoms with van der Waals surface area (Å²) >= 11 is 1.75. The fourth-order valence-electron chi connectivity index (χ4n) is 2.77. The highest BCUT2D eigenvalue weighted by atomic mass is 127. The van der Waals surface area contributed by atoms with Gasteiger partial charge in [-0.2, -0.15) is 0 Å². The number of thiazole rings is 1. The van der Waals surface area contributed by atoms with Gasteiger partial charge in [0.1, 0.15) is 0 Å². The molecule has 1 aromatic heterocycles. The number of hydrogen-bond acceptors (Lipinski definition) is 3. The molecule has 0 spiro atoms. The summed E-state index contributed by atoms with van der Waals surface area (Å²) in [7, 11) is 1.80. The van der Waals surface area contributed by atoms with Crippen molar-refractivity contribution in [3.63, 3.8) is 0 Å². The van der Waals surface area contributed by atoms with Gasteiger partial charge in [0.05, 0.1) is 11.0 Å². The van der Waals surface area contributed by atoms with Crippen molar-refractivity contribution in [3.05, 3.63) is 64.1 Å². The number of guanidine groups is 1. The topological polar surface area (TPSA) is 49.3 Å². The Morgan fingerprint density at radius 3 is 2.65 bits per heavy atom. The molecule has 3 aromatic rings. The van der Waals surface area contributed by atoms with Crippen molar-refractivity contribution in [2.24, 2.45) is 4.99 Å². The van der Waals surface area contributed by atoms with E-state index in [9.17, 15) is 0 Å². The molecular weight excluding hydrogens is 455 g/mol. The summed E-state index contributed by atoms with van der Waals surface area (Å²) in [6.45, 7) is 5.05. The first-order valence-corrected chi connectivity index (χ1v) is 9.34. The van der Waals surface area contributed by atoms with Crippen LogP contribution in [-0.4, -0.2) is 24.5 Å². The molecule has 0 amide bonds. The molecule has 4 nitrogen and oxygen atoms in total. The average Bonchev–Trinajstić information content (AvgIpc) is 3.05. The van der Waals surface area contributed by atoms with Crippen molar-refractivity contribution in [1.82, 2.24) is 15.6 Å². The third-order valence-electron chi connectivity index (χ3n) is 4.15. The maximum atomic E-state index is 4.39. The quantitative estimate of drug-likeness (QED) is 0.317. The van der Waals surface area contributed by atoms with Crippen LogP contribution in [0.5, 0.6) is 0 Å². The molecule has 2 aromatic carbocycles. The van der Waals surface area contributed by atoms with Gasteiger partial charge in [-0.1, -0.05) is 36.4 Å². The molecule has 0 aliphatic carbocycles. The van der Waals surface area contributed by atoms with Crippen molar-refractivity contribution in [2.75, 3.05) is 13.6 Å². The Kier molecular flexibility index (Phi) is 7.84. The summed E-state index contributed by atoms with van der Waals surface area (Å²) in [4.78, 5) is 9.98. The largest absolute Gasteiger partial charge is 0.356 e. The lowest BCUT2D eigenvalue weighted by Crippen LogP contribution is -2.39. The van der Waals surface area contributed by atoms with Gasteiger partial charge < -0.3 is 10.6 Å². The van der Waals surface area contributed by atoms with Gasteiger partial charge in [-0.05, 0) is 36.2 Å². The van der Waals surface area contributed by atoms with E-state index in [1.165, 1.54) is 21.2 Å². The SMILES string of the molecule is CN=C(NCCc1ncc(C)s1)NC(C)c1ccc2ccccc2c1.I. The average molecular weight is 480 g/mol. The highest BCUT2D eigenvalue weighted by Crippen LogP contribution is 2.20. The lowest BCUT2D eigenvalue weighted by molar-refractivity contribution is 0.685. The smallest absolute Gasteiger partial charge is 0.191 e. The first-order chi connectivity index (χ1) is 12.2. The van der Waals surface area contributed by atoms with Crippen LogP contribution in [0.2, 0.25) is 0 Å². The van der Waals surface area contributed by atoms with Gasteiger partial charge in [0.2, 0.25) is 0 Å². The first-order valence-electron chi connectivity index (χ1n) is 8.53. The van der Waals surface area contributed by atoms with Crippen LogP contribution in [0, 0.1) is 6.92 Å². The molecule has 1 heterocycles. The molecule has 6 heteroatoms. The van der Waals surface area contributed by atoms with Crippen LogP contribution in [0.15, 0.2) is 53.7 Å². The van der Waals surface area contributed by atoms with Crippen LogP contribution in [0.3, 0.4) is 0 Å². The Balaban J connectivity index is 0.00000243. The predicted octanol–water partition coefficient (Wildman–Crippen LogP) is 4.69. The van der Waals surface area contributed by atoms with Crippen LogP contribution in [-0.2, 0) is 6.42 Å². The van der Waals surface area contributed by atoms with E-state index < -0.39 is 0 Å². The predicted molar refractivity (Wildman–Crippen MR) is 123 cm³/mol. The van der Waals surface area contributed by atoms with Gasteiger partial charge in [-0.3, -0.25) is 4.99 Å². The molecular formula is C20H25IN4S. The van der Waals surface area contributed by atoms with Crippen molar-refractivity contribution in [3.8, 4) is 0 Å². The fourth-order valence-corrected chi connectivity index (χ4v) is 3.55. The second kappa shape index (κ2) is 9.87. The highest BCUT2D eigenvalue weighted by molar-refractivity contribution is 14.0. The molecule has 0 radical (unpaired) electrons. The van der Waals surface area contributed by atoms with E-state index in [2.05, 4.69) is 76.9 Å². The Hall–Kier alpha value is -1.67. The second-order valence-electron chi connectivity index (χ2n) is 6.09. The zero-order valence-corrected chi connectivity index (χ0v) is 18.5. The number of aryl methyl sites for hydroxylation is 1. The molecule has 0 aliphatic heterocycles. The van der Waals surface area contributed by atoms with E-state index in [-0.39, 0.29) is 30.0 Å². The Bertz CT molecular complexity index is 875. The molecule has 0 saturated heterocycles. The summed E-state index contributed by atoms with van der Waals surface area (Å²) in [6.07, 6.45) is 2.83. The standard InChI is InChI=1S/C20H24N4S.HI/c1-14-13-23-19(25-14)10-11-22-20(21-3)24-15(2)17-9-8-16-6-4-5-7-18(16)12-17;/h4-9,12-13,15H,10-11H2,1-3H3,(H2,21,22,24);1H. The molecule has 0 fully saturated rings. The maximum Gasteiger partial charge on any atom is 0.191 e. The summed E-state index contributed by atoms with van der Waals surface area (Å²) in [6, 6.07) is 15.2. The van der Waals surface area contributed by atoms with Crippen LogP contribution >= 0.6 is 35.3 Å². The molecule has 0 aliphatic rings. The monoisotopic (exact) mass is 480 g/mol. The lowest BCUT2D eigenvalue weighted by atomic mass is 10.0. The summed E-state index contributed by atoms with van der Waals surface area (Å²) in [5.41, 5.74) is 1.25. The highest BCUT2D eigenvalue weighted by Gasteiger charge is 2.08. The molecule has 0 bridgehead atoms. The van der Waals surface area contributed by atoms with E-state index in [0.29, 0.717) is 0 Å². The fraction of sp³-hybridized carbons (Fsp3) is 0.300. The third kappa shape index (κ3) is 5.41. The van der Waals surface area contributed by atoms with Gasteiger partial charge in [0, 0.05) is 31.1 Å². The number of aliphatic imine (C=N–C) groups is 1. The minimum Gasteiger partial charge on any atom is -0.356 e. The van der Waals surface area contributed by atoms with Crippen molar-refractivity contribution in [1.29, 1.82) is 0 Å². The number of nitrogens with one attached hydrogen (secondary N) is 2. The molecule has 3 rings (SSSR count). The zero-order valence-electron chi connectivity index (χ0n) is 15.3. The van der Waals surface area contributed by atoms with Gasteiger partial charge in [0.25, 0.3) is 0 Å².